The molecule has 1 aromatic carbocycles. The first kappa shape index (κ1) is 22.6. The molecule has 1 aliphatic heterocycles. The Morgan fingerprint density at radius 1 is 1.22 bits per heavy atom. The van der Waals surface area contributed by atoms with Crippen LogP contribution in [-0.2, 0) is 11.3 Å². The number of urea groups is 1. The lowest BCUT2D eigenvalue weighted by Crippen LogP contribution is -2.49. The van der Waals surface area contributed by atoms with Crippen LogP contribution >= 0.6 is 0 Å². The number of hydrogen-bond acceptors (Lipinski definition) is 5. The van der Waals surface area contributed by atoms with Crippen LogP contribution < -0.4 is 15.6 Å². The van der Waals surface area contributed by atoms with Crippen LogP contribution in [-0.4, -0.2) is 73.4 Å². The number of aromatic nitrogens is 1. The molecule has 2 N–H and O–H groups in total. The van der Waals surface area contributed by atoms with Crippen molar-refractivity contribution in [3.8, 4) is 5.75 Å². The molecule has 0 bridgehead atoms. The van der Waals surface area contributed by atoms with Gasteiger partial charge in [0.25, 0.3) is 5.56 Å². The van der Waals surface area contributed by atoms with Crippen molar-refractivity contribution >= 4 is 16.9 Å². The maximum absolute atomic E-state index is 13.2. The molecule has 4 rings (SSSR count). The van der Waals surface area contributed by atoms with E-state index in [1.807, 2.05) is 24.3 Å². The Hall–Kier alpha value is -2.58. The van der Waals surface area contributed by atoms with Gasteiger partial charge >= 0.3 is 6.03 Å². The Morgan fingerprint density at radius 2 is 2.00 bits per heavy atom. The van der Waals surface area contributed by atoms with E-state index in [2.05, 4.69) is 15.2 Å². The SMILES string of the molecule is COc1ccc2cc(CN(CCN3CCOCC3)C(=O)NC3CCCCC3)c(=O)[nH]c2c1. The molecule has 1 aromatic heterocycles. The summed E-state index contributed by atoms with van der Waals surface area (Å²) in [5, 5.41) is 4.13. The molecule has 2 amide bonds. The van der Waals surface area contributed by atoms with Crippen molar-refractivity contribution in [2.45, 2.75) is 44.7 Å². The van der Waals surface area contributed by atoms with Gasteiger partial charge in [0.1, 0.15) is 5.75 Å². The number of benzene rings is 1. The van der Waals surface area contributed by atoms with Crippen LogP contribution in [0.4, 0.5) is 4.79 Å². The van der Waals surface area contributed by atoms with E-state index in [1.54, 1.807) is 12.0 Å². The second-order valence-electron chi connectivity index (χ2n) is 8.74. The largest absolute Gasteiger partial charge is 0.497 e. The highest BCUT2D eigenvalue weighted by atomic mass is 16.5. The molecule has 0 spiro atoms. The number of fused-ring (bicyclic) bond motifs is 1. The Bertz CT molecular complexity index is 964. The van der Waals surface area contributed by atoms with Crippen LogP contribution in [0.1, 0.15) is 37.7 Å². The molecule has 2 heterocycles. The van der Waals surface area contributed by atoms with Gasteiger partial charge in [0.15, 0.2) is 0 Å². The summed E-state index contributed by atoms with van der Waals surface area (Å²) in [7, 11) is 1.60. The van der Waals surface area contributed by atoms with E-state index >= 15 is 0 Å². The number of ether oxygens (including phenoxy) is 2. The third-order valence-corrected chi connectivity index (χ3v) is 6.50. The number of rotatable bonds is 7. The maximum Gasteiger partial charge on any atom is 0.317 e. The van der Waals surface area contributed by atoms with Crippen molar-refractivity contribution in [2.75, 3.05) is 46.5 Å². The molecule has 8 nitrogen and oxygen atoms in total. The molecule has 0 atom stereocenters. The smallest absolute Gasteiger partial charge is 0.317 e. The summed E-state index contributed by atoms with van der Waals surface area (Å²) in [5.74, 6) is 0.694. The fourth-order valence-electron chi connectivity index (χ4n) is 4.53. The summed E-state index contributed by atoms with van der Waals surface area (Å²) >= 11 is 0. The highest BCUT2D eigenvalue weighted by Crippen LogP contribution is 2.20. The number of hydrogen-bond donors (Lipinski definition) is 2. The summed E-state index contributed by atoms with van der Waals surface area (Å²) in [5.41, 5.74) is 1.14. The van der Waals surface area contributed by atoms with Gasteiger partial charge in [0, 0.05) is 43.9 Å². The summed E-state index contributed by atoms with van der Waals surface area (Å²) in [6.07, 6.45) is 5.62. The third-order valence-electron chi connectivity index (χ3n) is 6.50. The maximum atomic E-state index is 13.2. The molecule has 8 heteroatoms. The summed E-state index contributed by atoms with van der Waals surface area (Å²) in [6, 6.07) is 7.63. The van der Waals surface area contributed by atoms with Gasteiger partial charge < -0.3 is 24.7 Å². The standard InChI is InChI=1S/C24H34N4O4/c1-31-21-8-7-18-15-19(23(29)26-22(18)16-21)17-28(10-9-27-11-13-32-14-12-27)24(30)25-20-5-3-2-4-6-20/h7-8,15-16,20H,2-6,9-14,17H2,1H3,(H,25,30)(H,26,29). The first-order valence-corrected chi connectivity index (χ1v) is 11.7. The number of methoxy groups -OCH3 is 1. The number of carbonyl (C=O) groups is 1. The van der Waals surface area contributed by atoms with Crippen molar-refractivity contribution in [3.63, 3.8) is 0 Å². The normalized spacial score (nSPS) is 17.9. The van der Waals surface area contributed by atoms with Crippen LogP contribution in [0.3, 0.4) is 0 Å². The Kier molecular flexibility index (Phi) is 7.65. The fraction of sp³-hybridized carbons (Fsp3) is 0.583. The van der Waals surface area contributed by atoms with E-state index in [0.29, 0.717) is 17.9 Å². The summed E-state index contributed by atoms with van der Waals surface area (Å²) in [6.45, 7) is 4.81. The van der Waals surface area contributed by atoms with Gasteiger partial charge in [-0.05, 0) is 36.4 Å². The number of pyridine rings is 1. The predicted octanol–water partition coefficient (Wildman–Crippen LogP) is 2.71. The zero-order valence-corrected chi connectivity index (χ0v) is 18.9. The molecule has 0 unspecified atom stereocenters. The Labute approximate surface area is 188 Å². The predicted molar refractivity (Wildman–Crippen MR) is 124 cm³/mol. The number of morpholine rings is 1. The molecular formula is C24H34N4O4. The summed E-state index contributed by atoms with van der Waals surface area (Å²) in [4.78, 5) is 33.0. The number of carbonyl (C=O) groups excluding carboxylic acids is 1. The fourth-order valence-corrected chi connectivity index (χ4v) is 4.53. The van der Waals surface area contributed by atoms with Gasteiger partial charge in [0.05, 0.1) is 32.4 Å². The van der Waals surface area contributed by atoms with E-state index in [9.17, 15) is 9.59 Å². The van der Waals surface area contributed by atoms with Gasteiger partial charge in [-0.15, -0.1) is 0 Å². The van der Waals surface area contributed by atoms with Gasteiger partial charge in [-0.3, -0.25) is 9.69 Å². The van der Waals surface area contributed by atoms with Crippen LogP contribution in [0.5, 0.6) is 5.75 Å². The van der Waals surface area contributed by atoms with E-state index in [4.69, 9.17) is 9.47 Å². The van der Waals surface area contributed by atoms with Crippen LogP contribution in [0.2, 0.25) is 0 Å². The van der Waals surface area contributed by atoms with Crippen molar-refractivity contribution in [3.05, 3.63) is 40.2 Å². The average molecular weight is 443 g/mol. The lowest BCUT2D eigenvalue weighted by molar-refractivity contribution is 0.0345. The molecular weight excluding hydrogens is 408 g/mol. The number of nitrogens with one attached hydrogen (secondary N) is 2. The lowest BCUT2D eigenvalue weighted by atomic mass is 9.96. The Morgan fingerprint density at radius 3 is 2.75 bits per heavy atom. The molecule has 0 radical (unpaired) electrons. The second-order valence-corrected chi connectivity index (χ2v) is 8.74. The Balaban J connectivity index is 1.50. The molecule has 1 saturated heterocycles. The minimum Gasteiger partial charge on any atom is -0.497 e. The molecule has 2 fully saturated rings. The molecule has 1 aliphatic carbocycles. The molecule has 1 saturated carbocycles. The van der Waals surface area contributed by atoms with Crippen LogP contribution in [0, 0.1) is 0 Å². The average Bonchev–Trinajstić information content (AvgIpc) is 2.82. The molecule has 2 aliphatic rings. The molecule has 32 heavy (non-hydrogen) atoms. The first-order chi connectivity index (χ1) is 15.6. The molecule has 2 aromatic rings. The number of amides is 2. The lowest BCUT2D eigenvalue weighted by Gasteiger charge is -2.32. The van der Waals surface area contributed by atoms with E-state index in [-0.39, 0.29) is 24.2 Å². The molecule has 174 valence electrons. The highest BCUT2D eigenvalue weighted by Gasteiger charge is 2.22. The third kappa shape index (κ3) is 5.81. The van der Waals surface area contributed by atoms with E-state index < -0.39 is 0 Å². The van der Waals surface area contributed by atoms with E-state index in [0.717, 1.165) is 69.4 Å². The monoisotopic (exact) mass is 442 g/mol. The van der Waals surface area contributed by atoms with Crippen molar-refractivity contribution < 1.29 is 14.3 Å². The van der Waals surface area contributed by atoms with Gasteiger partial charge in [0.2, 0.25) is 0 Å². The van der Waals surface area contributed by atoms with Gasteiger partial charge in [-0.1, -0.05) is 19.3 Å². The zero-order valence-electron chi connectivity index (χ0n) is 18.9. The topological polar surface area (TPSA) is 86.9 Å². The van der Waals surface area contributed by atoms with Gasteiger partial charge in [-0.2, -0.15) is 0 Å². The number of aromatic amines is 1. The van der Waals surface area contributed by atoms with Crippen LogP contribution in [0.15, 0.2) is 29.1 Å². The number of nitrogens with zero attached hydrogens (tertiary/aromatic N) is 2. The zero-order chi connectivity index (χ0) is 22.3. The van der Waals surface area contributed by atoms with Gasteiger partial charge in [-0.25, -0.2) is 4.79 Å². The van der Waals surface area contributed by atoms with E-state index in [1.165, 1.54) is 6.42 Å². The summed E-state index contributed by atoms with van der Waals surface area (Å²) < 4.78 is 10.7. The van der Waals surface area contributed by atoms with Crippen molar-refractivity contribution in [1.29, 1.82) is 0 Å². The van der Waals surface area contributed by atoms with Crippen molar-refractivity contribution in [2.24, 2.45) is 0 Å². The minimum absolute atomic E-state index is 0.0839. The van der Waals surface area contributed by atoms with Crippen molar-refractivity contribution in [1.82, 2.24) is 20.1 Å². The minimum atomic E-state index is -0.174. The number of H-pyrrole nitrogens is 1. The second kappa shape index (κ2) is 10.8. The first-order valence-electron chi connectivity index (χ1n) is 11.7. The quantitative estimate of drug-likeness (QED) is 0.689. The highest BCUT2D eigenvalue weighted by molar-refractivity contribution is 5.80. The van der Waals surface area contributed by atoms with Crippen LogP contribution in [0.25, 0.3) is 10.9 Å².